The average molecular weight is 574 g/mol. The van der Waals surface area contributed by atoms with Crippen LogP contribution in [0.1, 0.15) is 49.4 Å². The van der Waals surface area contributed by atoms with Crippen molar-refractivity contribution < 1.29 is 23.6 Å². The van der Waals surface area contributed by atoms with E-state index in [0.29, 0.717) is 22.4 Å². The number of carbonyl (C=O) groups excluding carboxylic acids is 1. The molecule has 11 nitrogen and oxygen atoms in total. The van der Waals surface area contributed by atoms with Crippen molar-refractivity contribution in [3.05, 3.63) is 98.3 Å². The Morgan fingerprint density at radius 1 is 1.17 bits per heavy atom. The monoisotopic (exact) mass is 573 g/mol. The molecule has 1 aromatic heterocycles. The summed E-state index contributed by atoms with van der Waals surface area (Å²) in [7, 11) is 1.31. The number of para-hydroxylation sites is 1. The van der Waals surface area contributed by atoms with E-state index in [2.05, 4.69) is 10.4 Å². The molecule has 0 bridgehead atoms. The maximum atomic E-state index is 13.5. The molecule has 1 saturated carbocycles. The maximum absolute atomic E-state index is 13.5. The molecule has 0 aliphatic heterocycles. The second kappa shape index (κ2) is 12.6. The number of nitro benzene ring substituents is 1. The van der Waals surface area contributed by atoms with Gasteiger partial charge < -0.3 is 14.8 Å². The van der Waals surface area contributed by atoms with Crippen LogP contribution in [0, 0.1) is 15.9 Å². The topological polar surface area (TPSA) is 138 Å². The van der Waals surface area contributed by atoms with Crippen molar-refractivity contribution in [1.29, 1.82) is 0 Å². The summed E-state index contributed by atoms with van der Waals surface area (Å²) >= 11 is 0. The van der Waals surface area contributed by atoms with Crippen LogP contribution in [-0.2, 0) is 4.79 Å². The number of anilines is 1. The van der Waals surface area contributed by atoms with Gasteiger partial charge in [0.1, 0.15) is 11.6 Å². The highest BCUT2D eigenvalue weighted by Gasteiger charge is 2.25. The van der Waals surface area contributed by atoms with Crippen molar-refractivity contribution >= 4 is 34.4 Å². The van der Waals surface area contributed by atoms with E-state index in [1.54, 1.807) is 18.2 Å². The van der Waals surface area contributed by atoms with Crippen LogP contribution in [0.5, 0.6) is 11.5 Å². The number of methoxy groups -OCH3 is 1. The third-order valence-corrected chi connectivity index (χ3v) is 7.02. The number of halogens is 1. The van der Waals surface area contributed by atoms with Crippen LogP contribution >= 0.6 is 0 Å². The van der Waals surface area contributed by atoms with E-state index in [1.807, 2.05) is 6.07 Å². The van der Waals surface area contributed by atoms with Gasteiger partial charge in [-0.15, -0.1) is 0 Å². The third kappa shape index (κ3) is 6.27. The molecule has 216 valence electrons. The molecule has 0 unspecified atom stereocenters. The molecule has 0 atom stereocenters. The van der Waals surface area contributed by atoms with Crippen LogP contribution in [-0.4, -0.2) is 40.4 Å². The molecule has 1 aliphatic carbocycles. The number of benzene rings is 3. The van der Waals surface area contributed by atoms with Crippen molar-refractivity contribution in [2.75, 3.05) is 19.0 Å². The Morgan fingerprint density at radius 3 is 2.62 bits per heavy atom. The number of hydrogen-bond acceptors (Lipinski definition) is 8. The summed E-state index contributed by atoms with van der Waals surface area (Å²) in [6.07, 6.45) is 6.31. The molecule has 42 heavy (non-hydrogen) atoms. The third-order valence-electron chi connectivity index (χ3n) is 7.02. The molecule has 4 aromatic rings. The minimum atomic E-state index is -0.662. The number of aromatic nitrogens is 2. The number of rotatable bonds is 9. The van der Waals surface area contributed by atoms with Gasteiger partial charge in [0.2, 0.25) is 5.75 Å². The highest BCUT2D eigenvalue weighted by Crippen LogP contribution is 2.38. The zero-order chi connectivity index (χ0) is 29.6. The summed E-state index contributed by atoms with van der Waals surface area (Å²) in [5, 5.41) is 19.4. The lowest BCUT2D eigenvalue weighted by atomic mass is 9.88. The molecule has 12 heteroatoms. The fourth-order valence-corrected chi connectivity index (χ4v) is 4.98. The van der Waals surface area contributed by atoms with Gasteiger partial charge in [-0.05, 0) is 55.3 Å². The predicted octanol–water partition coefficient (Wildman–Crippen LogP) is 5.40. The number of nitro groups is 1. The normalized spacial score (nSPS) is 13.8. The molecule has 1 heterocycles. The Morgan fingerprint density at radius 2 is 1.90 bits per heavy atom. The maximum Gasteiger partial charge on any atom is 0.315 e. The first-order valence-corrected chi connectivity index (χ1v) is 13.4. The largest absolute Gasteiger partial charge is 0.493 e. The van der Waals surface area contributed by atoms with E-state index in [0.717, 1.165) is 32.1 Å². The SMILES string of the molecule is COc1cc(C=Nn2c(C3CCCCC3)nc3ccccc3c2=O)cc([N+](=O)[O-])c1OCC(=O)Nc1ccc(F)cc1. The van der Waals surface area contributed by atoms with Gasteiger partial charge in [0.05, 0.1) is 29.2 Å². The first-order chi connectivity index (χ1) is 20.3. The zero-order valence-electron chi connectivity index (χ0n) is 22.8. The molecule has 5 rings (SSSR count). The van der Waals surface area contributed by atoms with Crippen LogP contribution in [0.15, 0.2) is 70.6 Å². The summed E-state index contributed by atoms with van der Waals surface area (Å²) in [5.41, 5.74) is 0.421. The molecule has 1 N–H and O–H groups in total. The average Bonchev–Trinajstić information content (AvgIpc) is 3.00. The Hall–Kier alpha value is -5.13. The molecule has 1 aliphatic rings. The highest BCUT2D eigenvalue weighted by atomic mass is 19.1. The van der Waals surface area contributed by atoms with Crippen LogP contribution in [0.3, 0.4) is 0 Å². The molecular formula is C30H28FN5O6. The van der Waals surface area contributed by atoms with E-state index in [9.17, 15) is 24.1 Å². The van der Waals surface area contributed by atoms with Crippen LogP contribution in [0.4, 0.5) is 15.8 Å². The quantitative estimate of drug-likeness (QED) is 0.161. The second-order valence-electron chi connectivity index (χ2n) is 9.86. The van der Waals surface area contributed by atoms with E-state index in [1.165, 1.54) is 54.4 Å². The first kappa shape index (κ1) is 28.4. The van der Waals surface area contributed by atoms with Gasteiger partial charge in [-0.3, -0.25) is 19.7 Å². The van der Waals surface area contributed by atoms with Crippen LogP contribution < -0.4 is 20.3 Å². The standard InChI is InChI=1S/C30H28FN5O6/c1-41-26-16-19(15-25(36(39)40)28(26)42-18-27(37)33-22-13-11-21(31)12-14-22)17-32-35-29(20-7-3-2-4-8-20)34-24-10-6-5-9-23(24)30(35)38/h5-6,9-17,20H,2-4,7-8,18H2,1H3,(H,33,37). The molecule has 0 spiro atoms. The zero-order valence-corrected chi connectivity index (χ0v) is 22.8. The number of amides is 1. The van der Waals surface area contributed by atoms with Crippen molar-refractivity contribution in [3.63, 3.8) is 0 Å². The van der Waals surface area contributed by atoms with Crippen LogP contribution in [0.25, 0.3) is 10.9 Å². The van der Waals surface area contributed by atoms with E-state index in [4.69, 9.17) is 14.5 Å². The number of carbonyl (C=O) groups is 1. The summed E-state index contributed by atoms with van der Waals surface area (Å²) in [6, 6.07) is 14.9. The van der Waals surface area contributed by atoms with Gasteiger partial charge >= 0.3 is 5.69 Å². The van der Waals surface area contributed by atoms with E-state index in [-0.39, 0.29) is 28.5 Å². The summed E-state index contributed by atoms with van der Waals surface area (Å²) < 4.78 is 25.2. The van der Waals surface area contributed by atoms with Crippen LogP contribution in [0.2, 0.25) is 0 Å². The second-order valence-corrected chi connectivity index (χ2v) is 9.86. The van der Waals surface area contributed by atoms with Crippen molar-refractivity contribution in [3.8, 4) is 11.5 Å². The van der Waals surface area contributed by atoms with Crippen molar-refractivity contribution in [2.45, 2.75) is 38.0 Å². The van der Waals surface area contributed by atoms with Gasteiger partial charge in [-0.2, -0.15) is 9.78 Å². The minimum absolute atomic E-state index is 0.00304. The van der Waals surface area contributed by atoms with Gasteiger partial charge in [-0.25, -0.2) is 9.37 Å². The van der Waals surface area contributed by atoms with Gasteiger partial charge in [0.25, 0.3) is 11.5 Å². The Labute approximate surface area is 239 Å². The molecule has 0 radical (unpaired) electrons. The number of hydrogen-bond donors (Lipinski definition) is 1. The fraction of sp³-hybridized carbons (Fsp3) is 0.267. The van der Waals surface area contributed by atoms with Crippen molar-refractivity contribution in [1.82, 2.24) is 9.66 Å². The van der Waals surface area contributed by atoms with E-state index >= 15 is 0 Å². The minimum Gasteiger partial charge on any atom is -0.493 e. The van der Waals surface area contributed by atoms with Crippen molar-refractivity contribution in [2.24, 2.45) is 5.10 Å². The Kier molecular flexibility index (Phi) is 8.51. The number of fused-ring (bicyclic) bond motifs is 1. The number of nitrogens with zero attached hydrogens (tertiary/aromatic N) is 4. The Bertz CT molecular complexity index is 1710. The summed E-state index contributed by atoms with van der Waals surface area (Å²) in [4.78, 5) is 41.9. The lowest BCUT2D eigenvalue weighted by Gasteiger charge is -2.22. The lowest BCUT2D eigenvalue weighted by Crippen LogP contribution is -2.25. The molecular weight excluding hydrogens is 545 g/mol. The first-order valence-electron chi connectivity index (χ1n) is 13.4. The molecule has 0 saturated heterocycles. The van der Waals surface area contributed by atoms with Gasteiger partial charge in [-0.1, -0.05) is 31.4 Å². The smallest absolute Gasteiger partial charge is 0.315 e. The number of ether oxygens (including phenoxy) is 2. The molecule has 1 amide bonds. The highest BCUT2D eigenvalue weighted by molar-refractivity contribution is 5.92. The fourth-order valence-electron chi connectivity index (χ4n) is 4.98. The summed E-state index contributed by atoms with van der Waals surface area (Å²) in [5.74, 6) is -0.697. The van der Waals surface area contributed by atoms with Gasteiger partial charge in [0.15, 0.2) is 12.4 Å². The Balaban J connectivity index is 1.45. The van der Waals surface area contributed by atoms with Gasteiger partial charge in [0, 0.05) is 23.2 Å². The number of nitrogens with one attached hydrogen (secondary N) is 1. The lowest BCUT2D eigenvalue weighted by molar-refractivity contribution is -0.385. The molecule has 3 aromatic carbocycles. The molecule has 1 fully saturated rings. The van der Waals surface area contributed by atoms with E-state index < -0.39 is 28.9 Å². The predicted molar refractivity (Wildman–Crippen MR) is 155 cm³/mol. The summed E-state index contributed by atoms with van der Waals surface area (Å²) in [6.45, 7) is -0.565.